The summed E-state index contributed by atoms with van der Waals surface area (Å²) in [6, 6.07) is 8.50. The molecule has 0 aliphatic carbocycles. The van der Waals surface area contributed by atoms with Crippen LogP contribution >= 0.6 is 11.3 Å². The van der Waals surface area contributed by atoms with Gasteiger partial charge < -0.3 is 9.32 Å². The predicted molar refractivity (Wildman–Crippen MR) is 88.8 cm³/mol. The lowest BCUT2D eigenvalue weighted by Crippen LogP contribution is -3.12. The van der Waals surface area contributed by atoms with E-state index in [9.17, 15) is 0 Å². The fourth-order valence-electron chi connectivity index (χ4n) is 2.55. The molecule has 21 heavy (non-hydrogen) atoms. The number of rotatable bonds is 9. The van der Waals surface area contributed by atoms with Crippen molar-refractivity contribution in [3.05, 3.63) is 46.0 Å². The number of nitrogens with zero attached hydrogens (tertiary/aromatic N) is 1. The zero-order chi connectivity index (χ0) is 15.1. The zero-order valence-corrected chi connectivity index (χ0v) is 14.2. The van der Waals surface area contributed by atoms with Crippen LogP contribution < -0.4 is 4.90 Å². The van der Waals surface area contributed by atoms with Gasteiger partial charge in [0.2, 0.25) is 0 Å². The van der Waals surface area contributed by atoms with Crippen molar-refractivity contribution < 1.29 is 9.32 Å². The van der Waals surface area contributed by atoms with Gasteiger partial charge in [-0.25, -0.2) is 0 Å². The van der Waals surface area contributed by atoms with E-state index in [4.69, 9.17) is 4.42 Å². The standard InChI is InChI=1S/C17H26N2OS/c1-4-18(5-2)10-11-19(14-17-7-6-12-21-17)13-16-9-8-15(3)20-16/h6-9,12H,4-5,10-11,13-14H2,1-3H3/p+1. The van der Waals surface area contributed by atoms with Crippen molar-refractivity contribution in [1.29, 1.82) is 0 Å². The van der Waals surface area contributed by atoms with Crippen molar-refractivity contribution in [2.45, 2.75) is 33.9 Å². The summed E-state index contributed by atoms with van der Waals surface area (Å²) in [5.41, 5.74) is 0. The fraction of sp³-hybridized carbons (Fsp3) is 0.529. The Bertz CT molecular complexity index is 503. The molecular weight excluding hydrogens is 280 g/mol. The van der Waals surface area contributed by atoms with Crippen LogP contribution in [0.2, 0.25) is 0 Å². The molecule has 0 atom stereocenters. The van der Waals surface area contributed by atoms with E-state index in [0.717, 1.165) is 31.2 Å². The molecule has 0 saturated heterocycles. The Kier molecular flexibility index (Phi) is 6.49. The Balaban J connectivity index is 1.95. The fourth-order valence-corrected chi connectivity index (χ4v) is 3.29. The molecule has 0 aliphatic heterocycles. The SMILES string of the molecule is CC[NH+](CC)CCN(Cc1ccc(C)o1)Cc1cccs1. The third-order valence-corrected chi connectivity index (χ3v) is 4.78. The lowest BCUT2D eigenvalue weighted by atomic mass is 10.3. The third-order valence-electron chi connectivity index (χ3n) is 3.92. The van der Waals surface area contributed by atoms with Gasteiger partial charge in [-0.3, -0.25) is 4.90 Å². The Morgan fingerprint density at radius 2 is 1.95 bits per heavy atom. The number of thiophene rings is 1. The molecule has 4 heteroatoms. The molecule has 0 aromatic carbocycles. The number of nitrogens with one attached hydrogen (secondary N) is 1. The third kappa shape index (κ3) is 5.30. The summed E-state index contributed by atoms with van der Waals surface area (Å²) in [6.45, 7) is 13.1. The Labute approximate surface area is 132 Å². The number of quaternary nitrogens is 1. The van der Waals surface area contributed by atoms with Crippen LogP contribution in [0, 0.1) is 6.92 Å². The maximum absolute atomic E-state index is 5.75. The van der Waals surface area contributed by atoms with Gasteiger partial charge >= 0.3 is 0 Å². The molecule has 116 valence electrons. The predicted octanol–water partition coefficient (Wildman–Crippen LogP) is 2.58. The smallest absolute Gasteiger partial charge is 0.118 e. The lowest BCUT2D eigenvalue weighted by Gasteiger charge is -2.23. The van der Waals surface area contributed by atoms with Crippen LogP contribution in [0.15, 0.2) is 34.1 Å². The average molecular weight is 307 g/mol. The molecule has 2 rings (SSSR count). The highest BCUT2D eigenvalue weighted by molar-refractivity contribution is 7.09. The maximum Gasteiger partial charge on any atom is 0.118 e. The Morgan fingerprint density at radius 3 is 2.52 bits per heavy atom. The van der Waals surface area contributed by atoms with E-state index in [-0.39, 0.29) is 0 Å². The summed E-state index contributed by atoms with van der Waals surface area (Å²) in [7, 11) is 0. The van der Waals surface area contributed by atoms with Crippen LogP contribution in [-0.4, -0.2) is 31.1 Å². The van der Waals surface area contributed by atoms with Gasteiger partial charge in [-0.2, -0.15) is 0 Å². The second-order valence-electron chi connectivity index (χ2n) is 5.51. The summed E-state index contributed by atoms with van der Waals surface area (Å²) >= 11 is 1.83. The van der Waals surface area contributed by atoms with Crippen LogP contribution in [-0.2, 0) is 13.1 Å². The van der Waals surface area contributed by atoms with Crippen molar-refractivity contribution >= 4 is 11.3 Å². The van der Waals surface area contributed by atoms with Crippen LogP contribution in [0.25, 0.3) is 0 Å². The van der Waals surface area contributed by atoms with E-state index < -0.39 is 0 Å². The summed E-state index contributed by atoms with van der Waals surface area (Å²) in [4.78, 5) is 5.57. The number of furan rings is 1. The highest BCUT2D eigenvalue weighted by atomic mass is 32.1. The highest BCUT2D eigenvalue weighted by Crippen LogP contribution is 2.15. The van der Waals surface area contributed by atoms with Crippen LogP contribution in [0.1, 0.15) is 30.2 Å². The number of aryl methyl sites for hydroxylation is 1. The zero-order valence-electron chi connectivity index (χ0n) is 13.4. The summed E-state index contributed by atoms with van der Waals surface area (Å²) in [5.74, 6) is 2.06. The molecular formula is C17H27N2OS+. The molecule has 2 aromatic rings. The summed E-state index contributed by atoms with van der Waals surface area (Å²) in [6.07, 6.45) is 0. The largest absolute Gasteiger partial charge is 0.465 e. The van der Waals surface area contributed by atoms with Crippen LogP contribution in [0.3, 0.4) is 0 Å². The first-order valence-corrected chi connectivity index (χ1v) is 8.72. The Morgan fingerprint density at radius 1 is 1.14 bits per heavy atom. The van der Waals surface area contributed by atoms with Crippen molar-refractivity contribution in [3.8, 4) is 0 Å². The summed E-state index contributed by atoms with van der Waals surface area (Å²) < 4.78 is 5.75. The van der Waals surface area contributed by atoms with Crippen LogP contribution in [0.4, 0.5) is 0 Å². The van der Waals surface area contributed by atoms with Crippen molar-refractivity contribution in [2.24, 2.45) is 0 Å². The molecule has 0 aliphatic rings. The van der Waals surface area contributed by atoms with Gasteiger partial charge in [0, 0.05) is 18.0 Å². The average Bonchev–Trinajstić information content (AvgIpc) is 3.12. The van der Waals surface area contributed by atoms with Gasteiger partial charge in [-0.15, -0.1) is 11.3 Å². The number of likely N-dealkylation sites (N-methyl/N-ethyl adjacent to an activating group) is 1. The van der Waals surface area contributed by atoms with Gasteiger partial charge in [-0.1, -0.05) is 6.07 Å². The Hall–Kier alpha value is -1.10. The maximum atomic E-state index is 5.75. The molecule has 0 unspecified atom stereocenters. The molecule has 2 heterocycles. The first-order chi connectivity index (χ1) is 10.2. The lowest BCUT2D eigenvalue weighted by molar-refractivity contribution is -0.895. The van der Waals surface area contributed by atoms with Gasteiger partial charge in [0.05, 0.1) is 26.2 Å². The molecule has 2 aromatic heterocycles. The van der Waals surface area contributed by atoms with Crippen molar-refractivity contribution in [2.75, 3.05) is 26.2 Å². The quantitative estimate of drug-likeness (QED) is 0.768. The molecule has 0 bridgehead atoms. The van der Waals surface area contributed by atoms with Crippen LogP contribution in [0.5, 0.6) is 0 Å². The van der Waals surface area contributed by atoms with Crippen molar-refractivity contribution in [3.63, 3.8) is 0 Å². The minimum Gasteiger partial charge on any atom is -0.465 e. The van der Waals surface area contributed by atoms with E-state index in [1.54, 1.807) is 4.90 Å². The monoisotopic (exact) mass is 307 g/mol. The van der Waals surface area contributed by atoms with E-state index in [2.05, 4.69) is 42.3 Å². The van der Waals surface area contributed by atoms with Gasteiger partial charge in [0.15, 0.2) is 0 Å². The van der Waals surface area contributed by atoms with E-state index in [1.807, 2.05) is 24.3 Å². The molecule has 0 fully saturated rings. The molecule has 0 amide bonds. The minimum absolute atomic E-state index is 0.895. The first kappa shape index (κ1) is 16.3. The second kappa shape index (κ2) is 8.37. The van der Waals surface area contributed by atoms with Gasteiger partial charge in [-0.05, 0) is 44.4 Å². The number of hydrogen-bond acceptors (Lipinski definition) is 3. The van der Waals surface area contributed by atoms with E-state index in [1.165, 1.54) is 24.5 Å². The first-order valence-electron chi connectivity index (χ1n) is 7.84. The molecule has 1 N–H and O–H groups in total. The second-order valence-corrected chi connectivity index (χ2v) is 6.54. The molecule has 0 spiro atoms. The topological polar surface area (TPSA) is 20.8 Å². The number of hydrogen-bond donors (Lipinski definition) is 1. The van der Waals surface area contributed by atoms with Gasteiger partial charge in [0.1, 0.15) is 11.5 Å². The molecule has 0 radical (unpaired) electrons. The molecule has 0 saturated carbocycles. The van der Waals surface area contributed by atoms with Gasteiger partial charge in [0.25, 0.3) is 0 Å². The minimum atomic E-state index is 0.895. The highest BCUT2D eigenvalue weighted by Gasteiger charge is 2.13. The van der Waals surface area contributed by atoms with Crippen molar-refractivity contribution in [1.82, 2.24) is 4.90 Å². The summed E-state index contributed by atoms with van der Waals surface area (Å²) in [5, 5.41) is 2.15. The molecule has 3 nitrogen and oxygen atoms in total. The van der Waals surface area contributed by atoms with E-state index in [0.29, 0.717) is 0 Å². The van der Waals surface area contributed by atoms with E-state index >= 15 is 0 Å². The normalized spacial score (nSPS) is 11.7.